The van der Waals surface area contributed by atoms with Gasteiger partial charge in [0.15, 0.2) is 5.13 Å². The molecular weight excluding hydrogens is 295 g/mol. The first kappa shape index (κ1) is 14.7. The average Bonchev–Trinajstić information content (AvgIpc) is 2.85. The quantitative estimate of drug-likeness (QED) is 0.679. The molecule has 3 aromatic rings. The number of thiazole rings is 1. The van der Waals surface area contributed by atoms with Crippen LogP contribution in [0.4, 0.5) is 15.2 Å². The van der Waals surface area contributed by atoms with Crippen LogP contribution in [0, 0.1) is 26.6 Å². The van der Waals surface area contributed by atoms with Crippen LogP contribution >= 0.6 is 11.3 Å². The zero-order chi connectivity index (χ0) is 15.7. The van der Waals surface area contributed by atoms with Crippen molar-refractivity contribution in [1.29, 1.82) is 0 Å². The fraction of sp³-hybridized carbons (Fsp3) is 0.167. The molecule has 0 fully saturated rings. The Bertz CT molecular complexity index is 824. The minimum atomic E-state index is -0.275. The second-order valence-corrected chi connectivity index (χ2v) is 6.53. The molecule has 0 saturated heterocycles. The van der Waals surface area contributed by atoms with Gasteiger partial charge < -0.3 is 5.32 Å². The van der Waals surface area contributed by atoms with Gasteiger partial charge in [0.05, 0.1) is 11.4 Å². The highest BCUT2D eigenvalue weighted by Crippen LogP contribution is 2.33. The van der Waals surface area contributed by atoms with Gasteiger partial charge in [-0.3, -0.25) is 0 Å². The summed E-state index contributed by atoms with van der Waals surface area (Å²) < 4.78 is 13.7. The molecule has 1 heterocycles. The van der Waals surface area contributed by atoms with Gasteiger partial charge in [0.25, 0.3) is 0 Å². The second kappa shape index (κ2) is 5.89. The van der Waals surface area contributed by atoms with Crippen LogP contribution in [-0.2, 0) is 0 Å². The van der Waals surface area contributed by atoms with Crippen molar-refractivity contribution in [2.45, 2.75) is 20.8 Å². The molecule has 1 aromatic heterocycles. The van der Waals surface area contributed by atoms with E-state index >= 15 is 0 Å². The lowest BCUT2D eigenvalue weighted by molar-refractivity contribution is 0.632. The Morgan fingerprint density at radius 3 is 2.50 bits per heavy atom. The molecule has 4 heteroatoms. The van der Waals surface area contributed by atoms with Gasteiger partial charge >= 0.3 is 0 Å². The minimum absolute atomic E-state index is 0.275. The van der Waals surface area contributed by atoms with Gasteiger partial charge in [-0.15, -0.1) is 11.3 Å². The molecule has 0 bridgehead atoms. The van der Waals surface area contributed by atoms with Gasteiger partial charge in [0.1, 0.15) is 5.82 Å². The topological polar surface area (TPSA) is 24.9 Å². The third kappa shape index (κ3) is 2.88. The van der Waals surface area contributed by atoms with Crippen LogP contribution in [0.1, 0.15) is 16.0 Å². The molecule has 0 radical (unpaired) electrons. The van der Waals surface area contributed by atoms with Crippen LogP contribution in [0.2, 0.25) is 0 Å². The summed E-state index contributed by atoms with van der Waals surface area (Å²) in [7, 11) is 0. The summed E-state index contributed by atoms with van der Waals surface area (Å²) in [6.07, 6.45) is 0. The summed E-state index contributed by atoms with van der Waals surface area (Å²) in [5.41, 5.74) is 5.00. The summed E-state index contributed by atoms with van der Waals surface area (Å²) >= 11 is 1.53. The number of halogens is 1. The van der Waals surface area contributed by atoms with Crippen LogP contribution in [-0.4, -0.2) is 4.98 Å². The summed E-state index contributed by atoms with van der Waals surface area (Å²) in [6, 6.07) is 13.0. The van der Waals surface area contributed by atoms with Gasteiger partial charge in [0.2, 0.25) is 0 Å². The highest BCUT2D eigenvalue weighted by atomic mass is 32.1. The van der Waals surface area contributed by atoms with Crippen molar-refractivity contribution < 1.29 is 4.39 Å². The highest BCUT2D eigenvalue weighted by molar-refractivity contribution is 7.16. The molecule has 0 spiro atoms. The largest absolute Gasteiger partial charge is 0.329 e. The predicted molar refractivity (Wildman–Crippen MR) is 91.4 cm³/mol. The van der Waals surface area contributed by atoms with Crippen LogP contribution in [0.3, 0.4) is 0 Å². The Labute approximate surface area is 133 Å². The van der Waals surface area contributed by atoms with Crippen molar-refractivity contribution in [2.24, 2.45) is 0 Å². The number of hydrogen-bond donors (Lipinski definition) is 1. The summed E-state index contributed by atoms with van der Waals surface area (Å²) in [6.45, 7) is 6.23. The summed E-state index contributed by atoms with van der Waals surface area (Å²) in [5.74, 6) is -0.275. The Kier molecular flexibility index (Phi) is 3.94. The highest BCUT2D eigenvalue weighted by Gasteiger charge is 2.11. The van der Waals surface area contributed by atoms with E-state index in [0.717, 1.165) is 16.1 Å². The van der Waals surface area contributed by atoms with Crippen LogP contribution in [0.5, 0.6) is 0 Å². The van der Waals surface area contributed by atoms with Gasteiger partial charge in [-0.05, 0) is 50.1 Å². The first-order valence-electron chi connectivity index (χ1n) is 7.11. The Morgan fingerprint density at radius 2 is 1.77 bits per heavy atom. The molecular formula is C18H17FN2S. The van der Waals surface area contributed by atoms with Crippen molar-refractivity contribution in [2.75, 3.05) is 5.32 Å². The van der Waals surface area contributed by atoms with E-state index in [1.54, 1.807) is 18.2 Å². The van der Waals surface area contributed by atoms with Crippen LogP contribution in [0.25, 0.3) is 11.3 Å². The Balaban J connectivity index is 1.94. The SMILES string of the molecule is Cc1ccc(-c2nc(Nc3ccccc3F)sc2C)cc1C. The Hall–Kier alpha value is -2.20. The number of aromatic nitrogens is 1. The lowest BCUT2D eigenvalue weighted by Crippen LogP contribution is -1.92. The van der Waals surface area contributed by atoms with Gasteiger partial charge in [-0.2, -0.15) is 0 Å². The molecule has 0 saturated carbocycles. The zero-order valence-corrected chi connectivity index (χ0v) is 13.6. The van der Waals surface area contributed by atoms with Gasteiger partial charge in [-0.1, -0.05) is 24.3 Å². The van der Waals surface area contributed by atoms with Gasteiger partial charge in [0, 0.05) is 10.4 Å². The van der Waals surface area contributed by atoms with Crippen molar-refractivity contribution in [3.05, 3.63) is 64.3 Å². The maximum atomic E-state index is 13.7. The normalized spacial score (nSPS) is 10.7. The standard InChI is InChI=1S/C18H17FN2S/c1-11-8-9-14(10-12(11)2)17-13(3)22-18(21-17)20-16-7-5-4-6-15(16)19/h4-10H,1-3H3,(H,20,21). The van der Waals surface area contributed by atoms with Crippen LogP contribution in [0.15, 0.2) is 42.5 Å². The number of hydrogen-bond acceptors (Lipinski definition) is 3. The molecule has 0 aliphatic rings. The number of para-hydroxylation sites is 1. The third-order valence-electron chi connectivity index (χ3n) is 3.69. The fourth-order valence-corrected chi connectivity index (χ4v) is 3.13. The van der Waals surface area contributed by atoms with E-state index in [1.807, 2.05) is 6.92 Å². The van der Waals surface area contributed by atoms with Crippen molar-refractivity contribution in [3.8, 4) is 11.3 Å². The number of nitrogens with one attached hydrogen (secondary N) is 1. The molecule has 112 valence electrons. The molecule has 0 amide bonds. The van der Waals surface area contributed by atoms with E-state index in [-0.39, 0.29) is 5.82 Å². The predicted octanol–water partition coefficient (Wildman–Crippen LogP) is 5.62. The Morgan fingerprint density at radius 1 is 1.00 bits per heavy atom. The first-order valence-corrected chi connectivity index (χ1v) is 7.93. The zero-order valence-electron chi connectivity index (χ0n) is 12.8. The summed E-state index contributed by atoms with van der Waals surface area (Å²) in [5, 5.41) is 3.77. The molecule has 0 aliphatic heterocycles. The van der Waals surface area contributed by atoms with E-state index in [9.17, 15) is 4.39 Å². The molecule has 0 aliphatic carbocycles. The van der Waals surface area contributed by atoms with Crippen LogP contribution < -0.4 is 5.32 Å². The van der Waals surface area contributed by atoms with Crippen molar-refractivity contribution >= 4 is 22.2 Å². The molecule has 2 aromatic carbocycles. The molecule has 22 heavy (non-hydrogen) atoms. The maximum absolute atomic E-state index is 13.7. The lowest BCUT2D eigenvalue weighted by Gasteiger charge is -2.04. The van der Waals surface area contributed by atoms with E-state index in [1.165, 1.54) is 28.5 Å². The monoisotopic (exact) mass is 312 g/mol. The third-order valence-corrected chi connectivity index (χ3v) is 4.58. The van der Waals surface area contributed by atoms with Crippen molar-refractivity contribution in [3.63, 3.8) is 0 Å². The number of nitrogens with zero attached hydrogens (tertiary/aromatic N) is 1. The average molecular weight is 312 g/mol. The second-order valence-electron chi connectivity index (χ2n) is 5.33. The molecule has 0 unspecified atom stereocenters. The molecule has 1 N–H and O–H groups in total. The number of aryl methyl sites for hydroxylation is 3. The molecule has 2 nitrogen and oxygen atoms in total. The van der Waals surface area contributed by atoms with Crippen molar-refractivity contribution in [1.82, 2.24) is 4.98 Å². The fourth-order valence-electron chi connectivity index (χ4n) is 2.28. The van der Waals surface area contributed by atoms with Gasteiger partial charge in [-0.25, -0.2) is 9.37 Å². The van der Waals surface area contributed by atoms with E-state index < -0.39 is 0 Å². The van der Waals surface area contributed by atoms with E-state index in [4.69, 9.17) is 0 Å². The number of benzene rings is 2. The molecule has 3 rings (SSSR count). The number of anilines is 2. The number of rotatable bonds is 3. The van der Waals surface area contributed by atoms with E-state index in [0.29, 0.717) is 10.8 Å². The maximum Gasteiger partial charge on any atom is 0.188 e. The smallest absolute Gasteiger partial charge is 0.188 e. The lowest BCUT2D eigenvalue weighted by atomic mass is 10.0. The summed E-state index contributed by atoms with van der Waals surface area (Å²) in [4.78, 5) is 5.74. The molecule has 0 atom stereocenters. The minimum Gasteiger partial charge on any atom is -0.329 e. The van der Waals surface area contributed by atoms with E-state index in [2.05, 4.69) is 42.3 Å². The first-order chi connectivity index (χ1) is 10.5.